The zero-order valence-electron chi connectivity index (χ0n) is 11.5. The molecular weight excluding hydrogens is 258 g/mol. The minimum absolute atomic E-state index is 0.0449. The molecule has 102 valence electrons. The zero-order chi connectivity index (χ0) is 12.8. The first kappa shape index (κ1) is 14.4. The lowest BCUT2D eigenvalue weighted by Gasteiger charge is -2.26. The van der Waals surface area contributed by atoms with Crippen LogP contribution < -0.4 is 0 Å². The molecule has 0 unspecified atom stereocenters. The van der Waals surface area contributed by atoms with Gasteiger partial charge in [-0.15, -0.1) is 11.3 Å². The number of thiol groups is 1. The zero-order valence-corrected chi connectivity index (χ0v) is 13.2. The van der Waals surface area contributed by atoms with Gasteiger partial charge in [-0.3, -0.25) is 0 Å². The predicted octanol–water partition coefficient (Wildman–Crippen LogP) is 5.49. The molecule has 0 spiro atoms. The van der Waals surface area contributed by atoms with Crippen molar-refractivity contribution < 1.29 is 0 Å². The first-order valence-electron chi connectivity index (χ1n) is 7.36. The average Bonchev–Trinajstić information content (AvgIpc) is 2.76. The van der Waals surface area contributed by atoms with Gasteiger partial charge in [0.05, 0.1) is 4.75 Å². The Morgan fingerprint density at radius 3 is 1.94 bits per heavy atom. The number of hydrogen-bond acceptors (Lipinski definition) is 3. The minimum Gasteiger partial charge on any atom is -0.248 e. The van der Waals surface area contributed by atoms with Gasteiger partial charge in [0, 0.05) is 11.1 Å². The van der Waals surface area contributed by atoms with Crippen molar-refractivity contribution in [2.75, 3.05) is 0 Å². The van der Waals surface area contributed by atoms with Crippen molar-refractivity contribution in [1.82, 2.24) is 4.98 Å². The van der Waals surface area contributed by atoms with E-state index >= 15 is 0 Å². The Morgan fingerprint density at radius 2 is 1.50 bits per heavy atom. The van der Waals surface area contributed by atoms with Gasteiger partial charge in [-0.25, -0.2) is 4.98 Å². The molecule has 1 heterocycles. The monoisotopic (exact) mass is 283 g/mol. The quantitative estimate of drug-likeness (QED) is 0.672. The van der Waals surface area contributed by atoms with Gasteiger partial charge >= 0.3 is 0 Å². The fourth-order valence-corrected chi connectivity index (χ4v) is 4.23. The first-order valence-corrected chi connectivity index (χ1v) is 8.62. The summed E-state index contributed by atoms with van der Waals surface area (Å²) in [6, 6.07) is 0. The summed E-state index contributed by atoms with van der Waals surface area (Å²) in [4.78, 5) is 5.92. The summed E-state index contributed by atoms with van der Waals surface area (Å²) in [6.07, 6.45) is 15.4. The molecule has 0 amide bonds. The van der Waals surface area contributed by atoms with Crippen LogP contribution >= 0.6 is 24.0 Å². The standard InChI is InChI=1S/C15H25NS2/c1-13-12-16-14(18-13)15(17)10-8-6-4-2-3-5-7-9-11-15/h12,17H,2-11H2,1H3. The molecule has 0 N–H and O–H groups in total. The lowest BCUT2D eigenvalue weighted by molar-refractivity contribution is 0.474. The van der Waals surface area contributed by atoms with Crippen LogP contribution in [0, 0.1) is 6.92 Å². The highest BCUT2D eigenvalue weighted by molar-refractivity contribution is 7.81. The molecule has 1 aromatic heterocycles. The molecule has 0 saturated heterocycles. The SMILES string of the molecule is Cc1cnc(C2(S)CCCCCCCCCC2)s1. The van der Waals surface area contributed by atoms with E-state index in [0.717, 1.165) is 0 Å². The topological polar surface area (TPSA) is 12.9 Å². The first-order chi connectivity index (χ1) is 8.71. The molecule has 2 rings (SSSR count). The van der Waals surface area contributed by atoms with Gasteiger partial charge in [0.2, 0.25) is 0 Å². The second-order valence-electron chi connectivity index (χ2n) is 5.64. The van der Waals surface area contributed by atoms with Crippen molar-refractivity contribution in [3.05, 3.63) is 16.1 Å². The molecular formula is C15H25NS2. The van der Waals surface area contributed by atoms with Gasteiger partial charge < -0.3 is 0 Å². The van der Waals surface area contributed by atoms with Crippen LogP contribution in [0.15, 0.2) is 6.20 Å². The molecule has 18 heavy (non-hydrogen) atoms. The Balaban J connectivity index is 2.05. The van der Waals surface area contributed by atoms with Crippen molar-refractivity contribution in [3.8, 4) is 0 Å². The third-order valence-electron chi connectivity index (χ3n) is 3.95. The second-order valence-corrected chi connectivity index (χ2v) is 7.73. The summed E-state index contributed by atoms with van der Waals surface area (Å²) in [6.45, 7) is 2.14. The average molecular weight is 284 g/mol. The summed E-state index contributed by atoms with van der Waals surface area (Å²) in [5.74, 6) is 0. The van der Waals surface area contributed by atoms with Gasteiger partial charge in [0.25, 0.3) is 0 Å². The van der Waals surface area contributed by atoms with E-state index < -0.39 is 0 Å². The van der Waals surface area contributed by atoms with Crippen molar-refractivity contribution in [2.24, 2.45) is 0 Å². The van der Waals surface area contributed by atoms with E-state index in [2.05, 4.69) is 11.9 Å². The van der Waals surface area contributed by atoms with Crippen molar-refractivity contribution in [1.29, 1.82) is 0 Å². The Kier molecular flexibility index (Phi) is 5.56. The molecule has 3 heteroatoms. The van der Waals surface area contributed by atoms with Crippen LogP contribution in [0.1, 0.15) is 74.1 Å². The van der Waals surface area contributed by atoms with Crippen LogP contribution in [0.4, 0.5) is 0 Å². The number of hydrogen-bond donors (Lipinski definition) is 1. The fraction of sp³-hybridized carbons (Fsp3) is 0.800. The molecule has 0 bridgehead atoms. The van der Waals surface area contributed by atoms with E-state index in [1.54, 1.807) is 0 Å². The van der Waals surface area contributed by atoms with Gasteiger partial charge in [-0.1, -0.05) is 51.4 Å². The number of thiazole rings is 1. The number of nitrogens with zero attached hydrogens (tertiary/aromatic N) is 1. The summed E-state index contributed by atoms with van der Waals surface area (Å²) in [5, 5.41) is 1.25. The second kappa shape index (κ2) is 6.95. The molecule has 1 aromatic rings. The third kappa shape index (κ3) is 3.99. The number of aryl methyl sites for hydroxylation is 1. The molecule has 0 aromatic carbocycles. The molecule has 1 nitrogen and oxygen atoms in total. The maximum Gasteiger partial charge on any atom is 0.109 e. The van der Waals surface area contributed by atoms with Crippen molar-refractivity contribution >= 4 is 24.0 Å². The molecule has 1 aliphatic carbocycles. The Hall–Kier alpha value is -0.0200. The Morgan fingerprint density at radius 1 is 1.00 bits per heavy atom. The Bertz CT molecular complexity index is 347. The van der Waals surface area contributed by atoms with Crippen LogP contribution in [0.2, 0.25) is 0 Å². The molecule has 0 aliphatic heterocycles. The lowest BCUT2D eigenvalue weighted by atomic mass is 9.95. The van der Waals surface area contributed by atoms with Gasteiger partial charge in [-0.05, 0) is 19.8 Å². The van der Waals surface area contributed by atoms with E-state index in [1.165, 1.54) is 74.1 Å². The summed E-state index contributed by atoms with van der Waals surface area (Å²) >= 11 is 6.87. The van der Waals surface area contributed by atoms with Crippen molar-refractivity contribution in [3.63, 3.8) is 0 Å². The van der Waals surface area contributed by atoms with Gasteiger partial charge in [0.15, 0.2) is 0 Å². The lowest BCUT2D eigenvalue weighted by Crippen LogP contribution is -2.18. The van der Waals surface area contributed by atoms with Crippen LogP contribution in [0.3, 0.4) is 0 Å². The highest BCUT2D eigenvalue weighted by Crippen LogP contribution is 2.41. The molecule has 0 atom stereocenters. The van der Waals surface area contributed by atoms with Crippen molar-refractivity contribution in [2.45, 2.75) is 75.9 Å². The summed E-state index contributed by atoms with van der Waals surface area (Å²) in [7, 11) is 0. The van der Waals surface area contributed by atoms with E-state index in [4.69, 9.17) is 12.6 Å². The van der Waals surface area contributed by atoms with Crippen LogP contribution in [0.5, 0.6) is 0 Å². The van der Waals surface area contributed by atoms with E-state index in [0.29, 0.717) is 0 Å². The normalized spacial score (nSPS) is 22.3. The van der Waals surface area contributed by atoms with E-state index in [-0.39, 0.29) is 4.75 Å². The highest BCUT2D eigenvalue weighted by Gasteiger charge is 2.30. The summed E-state index contributed by atoms with van der Waals surface area (Å²) in [5.41, 5.74) is 0. The van der Waals surface area contributed by atoms with Crippen LogP contribution in [-0.2, 0) is 4.75 Å². The van der Waals surface area contributed by atoms with Gasteiger partial charge in [0.1, 0.15) is 5.01 Å². The molecule has 1 fully saturated rings. The summed E-state index contributed by atoms with van der Waals surface area (Å²) < 4.78 is 0.0449. The largest absolute Gasteiger partial charge is 0.248 e. The third-order valence-corrected chi connectivity index (χ3v) is 5.88. The maximum absolute atomic E-state index is 5.04. The van der Waals surface area contributed by atoms with E-state index in [9.17, 15) is 0 Å². The van der Waals surface area contributed by atoms with E-state index in [1.807, 2.05) is 17.5 Å². The minimum atomic E-state index is 0.0449. The maximum atomic E-state index is 5.04. The predicted molar refractivity (Wildman–Crippen MR) is 83.7 cm³/mol. The number of aromatic nitrogens is 1. The number of rotatable bonds is 1. The molecule has 0 radical (unpaired) electrons. The highest BCUT2D eigenvalue weighted by atomic mass is 32.1. The van der Waals surface area contributed by atoms with Gasteiger partial charge in [-0.2, -0.15) is 12.6 Å². The molecule has 1 saturated carbocycles. The fourth-order valence-electron chi connectivity index (χ4n) is 2.80. The smallest absolute Gasteiger partial charge is 0.109 e. The molecule has 1 aliphatic rings. The Labute approximate surface area is 121 Å². The van der Waals surface area contributed by atoms with Crippen LogP contribution in [-0.4, -0.2) is 4.98 Å². The van der Waals surface area contributed by atoms with Crippen LogP contribution in [0.25, 0.3) is 0 Å².